The van der Waals surface area contributed by atoms with Crippen molar-refractivity contribution in [2.75, 3.05) is 0 Å². The molecule has 4 aromatic rings. The number of hydrogen-bond donors (Lipinski definition) is 0. The van der Waals surface area contributed by atoms with Gasteiger partial charge in [0, 0.05) is 18.1 Å². The molecule has 0 N–H and O–H groups in total. The molecule has 0 aliphatic rings. The highest BCUT2D eigenvalue weighted by atomic mass is 35.5. The number of benzene rings is 1. The number of rotatable bonds is 4. The Morgan fingerprint density at radius 3 is 2.88 bits per heavy atom. The van der Waals surface area contributed by atoms with Crippen LogP contribution in [0.1, 0.15) is 11.3 Å². The predicted octanol–water partition coefficient (Wildman–Crippen LogP) is 3.56. The molecular formula is C16H13ClN6S. The Morgan fingerprint density at radius 2 is 2.00 bits per heavy atom. The molecule has 120 valence electrons. The molecule has 0 fully saturated rings. The van der Waals surface area contributed by atoms with Gasteiger partial charge >= 0.3 is 0 Å². The Bertz CT molecular complexity index is 1010. The Labute approximate surface area is 147 Å². The molecule has 0 atom stereocenters. The molecule has 0 saturated carbocycles. The van der Waals surface area contributed by atoms with Crippen LogP contribution in [0.15, 0.2) is 53.9 Å². The van der Waals surface area contributed by atoms with Crippen LogP contribution in [0.2, 0.25) is 5.02 Å². The van der Waals surface area contributed by atoms with Gasteiger partial charge in [0.1, 0.15) is 5.65 Å². The van der Waals surface area contributed by atoms with Gasteiger partial charge < -0.3 is 4.40 Å². The monoisotopic (exact) mass is 356 g/mol. The van der Waals surface area contributed by atoms with Crippen molar-refractivity contribution in [1.82, 2.24) is 29.6 Å². The van der Waals surface area contributed by atoms with Crippen LogP contribution >= 0.6 is 23.4 Å². The van der Waals surface area contributed by atoms with E-state index in [0.29, 0.717) is 10.8 Å². The average molecular weight is 357 g/mol. The first kappa shape index (κ1) is 15.2. The number of halogens is 1. The largest absolute Gasteiger partial charge is 0.305 e. The molecular weight excluding hydrogens is 344 g/mol. The SMILES string of the molecule is Cc1ccccc1-n1nnnc1SCc1cn2cc(Cl)ccc2n1. The van der Waals surface area contributed by atoms with E-state index in [2.05, 4.69) is 20.5 Å². The molecule has 0 amide bonds. The third-order valence-electron chi connectivity index (χ3n) is 3.60. The Morgan fingerprint density at radius 1 is 1.12 bits per heavy atom. The topological polar surface area (TPSA) is 60.9 Å². The number of thioether (sulfide) groups is 1. The van der Waals surface area contributed by atoms with Crippen molar-refractivity contribution in [3.63, 3.8) is 0 Å². The quantitative estimate of drug-likeness (QED) is 0.523. The number of imidazole rings is 1. The van der Waals surface area contributed by atoms with Crippen LogP contribution in [0.3, 0.4) is 0 Å². The van der Waals surface area contributed by atoms with Crippen LogP contribution in [0, 0.1) is 6.92 Å². The van der Waals surface area contributed by atoms with Gasteiger partial charge in [-0.05, 0) is 41.1 Å². The van der Waals surface area contributed by atoms with E-state index in [1.54, 1.807) is 16.4 Å². The lowest BCUT2D eigenvalue weighted by atomic mass is 10.2. The maximum atomic E-state index is 6.01. The number of fused-ring (bicyclic) bond motifs is 1. The summed E-state index contributed by atoms with van der Waals surface area (Å²) in [4.78, 5) is 4.58. The lowest BCUT2D eigenvalue weighted by molar-refractivity contribution is 0.752. The summed E-state index contributed by atoms with van der Waals surface area (Å²) in [7, 11) is 0. The van der Waals surface area contributed by atoms with Gasteiger partial charge in [-0.2, -0.15) is 4.68 Å². The molecule has 0 radical (unpaired) electrons. The molecule has 8 heteroatoms. The molecule has 3 aromatic heterocycles. The highest BCUT2D eigenvalue weighted by molar-refractivity contribution is 7.98. The smallest absolute Gasteiger partial charge is 0.214 e. The third-order valence-corrected chi connectivity index (χ3v) is 4.78. The fraction of sp³-hybridized carbons (Fsp3) is 0.125. The minimum Gasteiger partial charge on any atom is -0.305 e. The Balaban J connectivity index is 1.58. The zero-order chi connectivity index (χ0) is 16.5. The summed E-state index contributed by atoms with van der Waals surface area (Å²) >= 11 is 7.55. The summed E-state index contributed by atoms with van der Waals surface area (Å²) in [5.74, 6) is 0.672. The minimum atomic E-state index is 0.672. The van der Waals surface area contributed by atoms with E-state index in [0.717, 1.165) is 27.7 Å². The summed E-state index contributed by atoms with van der Waals surface area (Å²) in [5.41, 5.74) is 3.91. The lowest BCUT2D eigenvalue weighted by Crippen LogP contribution is -2.01. The first-order chi connectivity index (χ1) is 11.7. The number of para-hydroxylation sites is 1. The van der Waals surface area contributed by atoms with E-state index in [1.807, 2.05) is 60.1 Å². The number of pyridine rings is 1. The van der Waals surface area contributed by atoms with Gasteiger partial charge in [0.05, 0.1) is 16.4 Å². The van der Waals surface area contributed by atoms with E-state index < -0.39 is 0 Å². The molecule has 0 aliphatic heterocycles. The first-order valence-corrected chi connectivity index (χ1v) is 8.67. The fourth-order valence-corrected chi connectivity index (χ4v) is 3.38. The number of tetrazole rings is 1. The second-order valence-corrected chi connectivity index (χ2v) is 6.67. The van der Waals surface area contributed by atoms with E-state index in [-0.39, 0.29) is 0 Å². The van der Waals surface area contributed by atoms with Crippen molar-refractivity contribution >= 4 is 29.0 Å². The molecule has 0 unspecified atom stereocenters. The van der Waals surface area contributed by atoms with Gasteiger partial charge in [0.25, 0.3) is 0 Å². The second kappa shape index (κ2) is 6.26. The predicted molar refractivity (Wildman–Crippen MR) is 93.7 cm³/mol. The van der Waals surface area contributed by atoms with Crippen molar-refractivity contribution < 1.29 is 0 Å². The van der Waals surface area contributed by atoms with Crippen LogP contribution in [-0.2, 0) is 5.75 Å². The van der Waals surface area contributed by atoms with E-state index in [9.17, 15) is 0 Å². The summed E-state index contributed by atoms with van der Waals surface area (Å²) in [6.07, 6.45) is 3.81. The second-order valence-electron chi connectivity index (χ2n) is 5.29. The van der Waals surface area contributed by atoms with Crippen LogP contribution < -0.4 is 0 Å². The van der Waals surface area contributed by atoms with Gasteiger partial charge in [-0.15, -0.1) is 5.10 Å². The molecule has 3 heterocycles. The lowest BCUT2D eigenvalue weighted by Gasteiger charge is -2.06. The standard InChI is InChI=1S/C16H13ClN6S/c1-11-4-2-3-5-14(11)23-16(19-20-21-23)24-10-13-9-22-8-12(17)6-7-15(22)18-13/h2-9H,10H2,1H3. The first-order valence-electron chi connectivity index (χ1n) is 7.31. The number of aromatic nitrogens is 6. The number of hydrogen-bond acceptors (Lipinski definition) is 5. The number of aryl methyl sites for hydroxylation is 1. The van der Waals surface area contributed by atoms with E-state index >= 15 is 0 Å². The van der Waals surface area contributed by atoms with Crippen LogP contribution in [-0.4, -0.2) is 29.6 Å². The van der Waals surface area contributed by atoms with Crippen molar-refractivity contribution in [2.45, 2.75) is 17.8 Å². The fourth-order valence-electron chi connectivity index (χ4n) is 2.45. The summed E-state index contributed by atoms with van der Waals surface area (Å²) in [6.45, 7) is 2.04. The van der Waals surface area contributed by atoms with E-state index in [4.69, 9.17) is 11.6 Å². The van der Waals surface area contributed by atoms with Crippen LogP contribution in [0.25, 0.3) is 11.3 Å². The molecule has 24 heavy (non-hydrogen) atoms. The van der Waals surface area contributed by atoms with Gasteiger partial charge in [0.15, 0.2) is 0 Å². The molecule has 0 saturated heterocycles. The van der Waals surface area contributed by atoms with Crippen molar-refractivity contribution in [3.8, 4) is 5.69 Å². The van der Waals surface area contributed by atoms with Crippen LogP contribution in [0.4, 0.5) is 0 Å². The molecule has 0 spiro atoms. The van der Waals surface area contributed by atoms with Crippen molar-refractivity contribution in [1.29, 1.82) is 0 Å². The summed E-state index contributed by atoms with van der Waals surface area (Å²) in [5, 5.41) is 13.5. The van der Waals surface area contributed by atoms with E-state index in [1.165, 1.54) is 0 Å². The molecule has 6 nitrogen and oxygen atoms in total. The van der Waals surface area contributed by atoms with Crippen molar-refractivity contribution in [3.05, 3.63) is 65.1 Å². The average Bonchev–Trinajstić information content (AvgIpc) is 3.19. The summed E-state index contributed by atoms with van der Waals surface area (Å²) in [6, 6.07) is 11.7. The zero-order valence-electron chi connectivity index (χ0n) is 12.8. The Kier molecular flexibility index (Phi) is 3.95. The highest BCUT2D eigenvalue weighted by Gasteiger charge is 2.12. The van der Waals surface area contributed by atoms with Crippen LogP contribution in [0.5, 0.6) is 0 Å². The third kappa shape index (κ3) is 2.88. The molecule has 1 aromatic carbocycles. The zero-order valence-corrected chi connectivity index (χ0v) is 14.4. The normalized spacial score (nSPS) is 11.2. The molecule has 4 rings (SSSR count). The van der Waals surface area contributed by atoms with Gasteiger partial charge in [-0.3, -0.25) is 0 Å². The van der Waals surface area contributed by atoms with Gasteiger partial charge in [-0.25, -0.2) is 4.98 Å². The van der Waals surface area contributed by atoms with Crippen molar-refractivity contribution in [2.24, 2.45) is 0 Å². The van der Waals surface area contributed by atoms with Gasteiger partial charge in [-0.1, -0.05) is 41.6 Å². The number of nitrogens with zero attached hydrogens (tertiary/aromatic N) is 6. The van der Waals surface area contributed by atoms with Gasteiger partial charge in [0.2, 0.25) is 5.16 Å². The highest BCUT2D eigenvalue weighted by Crippen LogP contribution is 2.24. The maximum absolute atomic E-state index is 6.01. The summed E-state index contributed by atoms with van der Waals surface area (Å²) < 4.78 is 3.68. The minimum absolute atomic E-state index is 0.672. The maximum Gasteiger partial charge on any atom is 0.214 e. The Hall–Kier alpha value is -2.38. The molecule has 0 bridgehead atoms. The molecule has 0 aliphatic carbocycles.